The Bertz CT molecular complexity index is 957. The maximum Gasteiger partial charge on any atom is 0.326 e. The second-order valence-corrected chi connectivity index (χ2v) is 10.7. The Morgan fingerprint density at radius 3 is 2.08 bits per heavy atom. The van der Waals surface area contributed by atoms with Crippen molar-refractivity contribution in [2.75, 3.05) is 18.6 Å². The van der Waals surface area contributed by atoms with Gasteiger partial charge in [-0.1, -0.05) is 44.2 Å². The molecule has 0 saturated heterocycles. The molecule has 218 valence electrons. The Morgan fingerprint density at radius 2 is 1.51 bits per heavy atom. The van der Waals surface area contributed by atoms with E-state index in [0.29, 0.717) is 18.6 Å². The highest BCUT2D eigenvalue weighted by atomic mass is 32.2. The Labute approximate surface area is 234 Å². The minimum atomic E-state index is -1.17. The molecule has 1 aromatic rings. The first-order chi connectivity index (χ1) is 18.4. The third-order valence-electron chi connectivity index (χ3n) is 5.79. The molecular weight excluding hydrogens is 522 g/mol. The van der Waals surface area contributed by atoms with Crippen molar-refractivity contribution in [2.45, 2.75) is 70.1 Å². The number of benzene rings is 1. The number of carbonyl (C=O) groups excluding carboxylic acids is 3. The Morgan fingerprint density at radius 1 is 0.923 bits per heavy atom. The summed E-state index contributed by atoms with van der Waals surface area (Å²) in [7, 11) is 0. The maximum absolute atomic E-state index is 13.4. The van der Waals surface area contributed by atoms with Crippen LogP contribution in [-0.4, -0.2) is 77.5 Å². The number of amides is 3. The normalized spacial score (nSPS) is 14.0. The number of nitrogens with two attached hydrogens (primary N) is 3. The molecule has 1 rings (SSSR count). The average Bonchev–Trinajstić information content (AvgIpc) is 2.87. The smallest absolute Gasteiger partial charge is 0.326 e. The molecular formula is C26H43N7O5S. The summed E-state index contributed by atoms with van der Waals surface area (Å²) in [4.78, 5) is 55.0. The van der Waals surface area contributed by atoms with Crippen LogP contribution in [0.4, 0.5) is 0 Å². The summed E-state index contributed by atoms with van der Waals surface area (Å²) < 4.78 is 0. The van der Waals surface area contributed by atoms with Crippen molar-refractivity contribution >= 4 is 41.4 Å². The topological polar surface area (TPSA) is 215 Å². The van der Waals surface area contributed by atoms with Crippen LogP contribution in [0, 0.1) is 5.92 Å². The van der Waals surface area contributed by atoms with Crippen molar-refractivity contribution in [1.82, 2.24) is 16.0 Å². The van der Waals surface area contributed by atoms with E-state index in [-0.39, 0.29) is 37.7 Å². The number of hydrogen-bond donors (Lipinski definition) is 7. The SMILES string of the molecule is CSCCC(N)C(=O)NC(Cc1ccccc1)C(=O)NC(CCCN=C(N)N)C(=O)NC(CC(C)C)C(=O)O. The van der Waals surface area contributed by atoms with Crippen molar-refractivity contribution in [3.63, 3.8) is 0 Å². The van der Waals surface area contributed by atoms with Crippen LogP contribution in [-0.2, 0) is 25.6 Å². The van der Waals surface area contributed by atoms with Gasteiger partial charge in [-0.2, -0.15) is 11.8 Å². The van der Waals surface area contributed by atoms with Gasteiger partial charge in [0.2, 0.25) is 17.7 Å². The lowest BCUT2D eigenvalue weighted by Crippen LogP contribution is -2.57. The van der Waals surface area contributed by atoms with Gasteiger partial charge in [-0.05, 0) is 49.2 Å². The van der Waals surface area contributed by atoms with Crippen LogP contribution < -0.4 is 33.2 Å². The quantitative estimate of drug-likeness (QED) is 0.0720. The highest BCUT2D eigenvalue weighted by Crippen LogP contribution is 2.09. The van der Waals surface area contributed by atoms with Crippen molar-refractivity contribution in [3.05, 3.63) is 35.9 Å². The fourth-order valence-electron chi connectivity index (χ4n) is 3.72. The number of guanidine groups is 1. The Kier molecular flexibility index (Phi) is 15.6. The first kappa shape index (κ1) is 33.7. The first-order valence-corrected chi connectivity index (χ1v) is 14.3. The van der Waals surface area contributed by atoms with E-state index in [1.54, 1.807) is 11.8 Å². The predicted octanol–water partition coefficient (Wildman–Crippen LogP) is -0.0518. The Hall–Kier alpha value is -3.32. The van der Waals surface area contributed by atoms with Gasteiger partial charge < -0.3 is 38.3 Å². The number of aliphatic imine (C=N–C) groups is 1. The van der Waals surface area contributed by atoms with E-state index >= 15 is 0 Å². The predicted molar refractivity (Wildman–Crippen MR) is 154 cm³/mol. The lowest BCUT2D eigenvalue weighted by molar-refractivity contribution is -0.142. The fraction of sp³-hybridized carbons (Fsp3) is 0.577. The summed E-state index contributed by atoms with van der Waals surface area (Å²) >= 11 is 1.56. The summed E-state index contributed by atoms with van der Waals surface area (Å²) in [5, 5.41) is 17.5. The molecule has 0 saturated carbocycles. The maximum atomic E-state index is 13.4. The van der Waals surface area contributed by atoms with Crippen LogP contribution in [0.1, 0.15) is 45.1 Å². The molecule has 1 aromatic carbocycles. The molecule has 4 atom stereocenters. The number of rotatable bonds is 18. The van der Waals surface area contributed by atoms with Crippen LogP contribution >= 0.6 is 11.8 Å². The second-order valence-electron chi connectivity index (χ2n) is 9.68. The summed E-state index contributed by atoms with van der Waals surface area (Å²) in [5.41, 5.74) is 17.6. The lowest BCUT2D eigenvalue weighted by Gasteiger charge is -2.25. The molecule has 0 spiro atoms. The molecule has 3 amide bonds. The number of aliphatic carboxylic acids is 1. The minimum absolute atomic E-state index is 0.0158. The molecule has 0 aromatic heterocycles. The summed E-state index contributed by atoms with van der Waals surface area (Å²) in [6.45, 7) is 3.90. The highest BCUT2D eigenvalue weighted by Gasteiger charge is 2.30. The molecule has 0 aliphatic carbocycles. The van der Waals surface area contributed by atoms with Crippen LogP contribution in [0.5, 0.6) is 0 Å². The van der Waals surface area contributed by atoms with Crippen molar-refractivity contribution in [3.8, 4) is 0 Å². The third-order valence-corrected chi connectivity index (χ3v) is 6.43. The number of carbonyl (C=O) groups is 4. The molecule has 10 N–H and O–H groups in total. The van der Waals surface area contributed by atoms with E-state index in [1.807, 2.05) is 50.4 Å². The average molecular weight is 566 g/mol. The molecule has 13 heteroatoms. The van der Waals surface area contributed by atoms with Crippen LogP contribution in [0.25, 0.3) is 0 Å². The monoisotopic (exact) mass is 565 g/mol. The zero-order chi connectivity index (χ0) is 29.4. The molecule has 0 aliphatic rings. The Balaban J connectivity index is 3.13. The summed E-state index contributed by atoms with van der Waals surface area (Å²) in [6, 6.07) is 5.10. The molecule has 0 aliphatic heterocycles. The molecule has 0 fully saturated rings. The molecule has 0 heterocycles. The van der Waals surface area contributed by atoms with Gasteiger partial charge >= 0.3 is 5.97 Å². The van der Waals surface area contributed by atoms with Gasteiger partial charge in [0.15, 0.2) is 5.96 Å². The first-order valence-electron chi connectivity index (χ1n) is 12.9. The third kappa shape index (κ3) is 13.9. The van der Waals surface area contributed by atoms with E-state index in [0.717, 1.165) is 5.56 Å². The van der Waals surface area contributed by atoms with Gasteiger partial charge in [0.05, 0.1) is 6.04 Å². The standard InChI is InChI=1S/C26H43N7O5S/c1-16(2)14-21(25(37)38)33-23(35)19(10-7-12-30-26(28)29)31-24(36)20(15-17-8-5-4-6-9-17)32-22(34)18(27)11-13-39-3/h4-6,8-9,16,18-21H,7,10-15,27H2,1-3H3,(H,31,36)(H,32,34)(H,33,35)(H,37,38)(H4,28,29,30). The van der Waals surface area contributed by atoms with Gasteiger partial charge in [0, 0.05) is 13.0 Å². The number of thioether (sulfide) groups is 1. The van der Waals surface area contributed by atoms with Crippen molar-refractivity contribution in [2.24, 2.45) is 28.1 Å². The van der Waals surface area contributed by atoms with Crippen molar-refractivity contribution in [1.29, 1.82) is 0 Å². The lowest BCUT2D eigenvalue weighted by atomic mass is 10.0. The molecule has 39 heavy (non-hydrogen) atoms. The van der Waals surface area contributed by atoms with Crippen LogP contribution in [0.2, 0.25) is 0 Å². The van der Waals surface area contributed by atoms with Gasteiger partial charge in [-0.15, -0.1) is 0 Å². The van der Waals surface area contributed by atoms with E-state index < -0.39 is 47.9 Å². The van der Waals surface area contributed by atoms with Crippen LogP contribution in [0.3, 0.4) is 0 Å². The minimum Gasteiger partial charge on any atom is -0.480 e. The fourth-order valence-corrected chi connectivity index (χ4v) is 4.21. The molecule has 0 radical (unpaired) electrons. The molecule has 0 bridgehead atoms. The number of carboxylic acid groups (broad SMARTS) is 1. The molecule has 12 nitrogen and oxygen atoms in total. The number of nitrogens with one attached hydrogen (secondary N) is 3. The van der Waals surface area contributed by atoms with E-state index in [9.17, 15) is 24.3 Å². The largest absolute Gasteiger partial charge is 0.480 e. The van der Waals surface area contributed by atoms with E-state index in [4.69, 9.17) is 17.2 Å². The van der Waals surface area contributed by atoms with Gasteiger partial charge in [0.1, 0.15) is 18.1 Å². The highest BCUT2D eigenvalue weighted by molar-refractivity contribution is 7.98. The second kappa shape index (κ2) is 18.1. The zero-order valence-electron chi connectivity index (χ0n) is 22.9. The number of nitrogens with zero attached hydrogens (tertiary/aromatic N) is 1. The van der Waals surface area contributed by atoms with E-state index in [2.05, 4.69) is 20.9 Å². The summed E-state index contributed by atoms with van der Waals surface area (Å²) in [5.74, 6) is -2.30. The number of carboxylic acids is 1. The van der Waals surface area contributed by atoms with Gasteiger partial charge in [-0.25, -0.2) is 4.79 Å². The van der Waals surface area contributed by atoms with Gasteiger partial charge in [-0.3, -0.25) is 19.4 Å². The molecule has 4 unspecified atom stereocenters. The van der Waals surface area contributed by atoms with Crippen LogP contribution in [0.15, 0.2) is 35.3 Å². The van der Waals surface area contributed by atoms with E-state index in [1.165, 1.54) is 0 Å². The van der Waals surface area contributed by atoms with Crippen molar-refractivity contribution < 1.29 is 24.3 Å². The summed E-state index contributed by atoms with van der Waals surface area (Å²) in [6.07, 6.45) is 3.21. The zero-order valence-corrected chi connectivity index (χ0v) is 23.7. The number of hydrogen-bond acceptors (Lipinski definition) is 7. The van der Waals surface area contributed by atoms with Gasteiger partial charge in [0.25, 0.3) is 0 Å².